The lowest BCUT2D eigenvalue weighted by Gasteiger charge is -2.10. The van der Waals surface area contributed by atoms with E-state index in [0.29, 0.717) is 11.5 Å². The van der Waals surface area contributed by atoms with Crippen molar-refractivity contribution in [3.8, 4) is 5.75 Å². The Bertz CT molecular complexity index is 540. The third-order valence-electron chi connectivity index (χ3n) is 2.09. The summed E-state index contributed by atoms with van der Waals surface area (Å²) in [6.07, 6.45) is -3.06. The van der Waals surface area contributed by atoms with Crippen LogP contribution in [0.4, 0.5) is 24.7 Å². The molecule has 0 unspecified atom stereocenters. The van der Waals surface area contributed by atoms with Gasteiger partial charge in [-0.2, -0.15) is 0 Å². The van der Waals surface area contributed by atoms with E-state index in [0.717, 1.165) is 4.47 Å². The van der Waals surface area contributed by atoms with Crippen LogP contribution in [0.15, 0.2) is 47.1 Å². The lowest BCUT2D eigenvalue weighted by molar-refractivity contribution is -0.274. The first-order valence-electron chi connectivity index (χ1n) is 5.17. The molecule has 1 N–H and O–H groups in total. The van der Waals surface area contributed by atoms with Crippen LogP contribution in [-0.2, 0) is 0 Å². The smallest absolute Gasteiger partial charge is 0.406 e. The number of nitrogens with zero attached hydrogens (tertiary/aromatic N) is 1. The van der Waals surface area contributed by atoms with Crippen LogP contribution in [0, 0.1) is 0 Å². The fourth-order valence-electron chi connectivity index (χ4n) is 1.34. The molecule has 0 amide bonds. The van der Waals surface area contributed by atoms with Gasteiger partial charge in [-0.3, -0.25) is 0 Å². The molecule has 0 aliphatic carbocycles. The van der Waals surface area contributed by atoms with Gasteiger partial charge in [0.25, 0.3) is 0 Å². The highest BCUT2D eigenvalue weighted by Gasteiger charge is 2.30. The number of halogens is 4. The lowest BCUT2D eigenvalue weighted by Crippen LogP contribution is -2.16. The molecule has 3 nitrogen and oxygen atoms in total. The maximum Gasteiger partial charge on any atom is 0.573 e. The van der Waals surface area contributed by atoms with Crippen molar-refractivity contribution in [2.75, 3.05) is 5.32 Å². The van der Waals surface area contributed by atoms with E-state index < -0.39 is 6.36 Å². The fraction of sp³-hybridized carbons (Fsp3) is 0.0833. The molecule has 7 heteroatoms. The van der Waals surface area contributed by atoms with E-state index in [1.54, 1.807) is 18.3 Å². The van der Waals surface area contributed by atoms with Crippen LogP contribution in [0.5, 0.6) is 5.75 Å². The van der Waals surface area contributed by atoms with Crippen LogP contribution in [0.3, 0.4) is 0 Å². The Morgan fingerprint density at radius 1 is 1.05 bits per heavy atom. The third-order valence-corrected chi connectivity index (χ3v) is 2.56. The van der Waals surface area contributed by atoms with Gasteiger partial charge in [0.1, 0.15) is 11.6 Å². The van der Waals surface area contributed by atoms with Gasteiger partial charge in [0, 0.05) is 16.4 Å². The van der Waals surface area contributed by atoms with Crippen LogP contribution < -0.4 is 10.1 Å². The number of hydrogen-bond acceptors (Lipinski definition) is 3. The molecule has 0 aliphatic rings. The monoisotopic (exact) mass is 332 g/mol. The van der Waals surface area contributed by atoms with E-state index in [2.05, 4.69) is 31.0 Å². The summed E-state index contributed by atoms with van der Waals surface area (Å²) in [5.74, 6) is 0.328. The number of nitrogens with one attached hydrogen (secondary N) is 1. The zero-order chi connectivity index (χ0) is 13.9. The van der Waals surface area contributed by atoms with Gasteiger partial charge >= 0.3 is 6.36 Å². The number of anilines is 2. The summed E-state index contributed by atoms with van der Waals surface area (Å²) < 4.78 is 40.5. The van der Waals surface area contributed by atoms with Gasteiger partial charge in [-0.05, 0) is 52.3 Å². The van der Waals surface area contributed by atoms with Crippen molar-refractivity contribution >= 4 is 27.4 Å². The molecule has 0 aliphatic heterocycles. The zero-order valence-electron chi connectivity index (χ0n) is 9.41. The van der Waals surface area contributed by atoms with Crippen LogP contribution in [0.2, 0.25) is 0 Å². The molecule has 0 saturated carbocycles. The quantitative estimate of drug-likeness (QED) is 0.899. The van der Waals surface area contributed by atoms with E-state index in [4.69, 9.17) is 0 Å². The van der Waals surface area contributed by atoms with Gasteiger partial charge < -0.3 is 10.1 Å². The molecule has 2 aromatic rings. The molecule has 0 atom stereocenters. The molecule has 0 spiro atoms. The Kier molecular flexibility index (Phi) is 3.94. The molecule has 100 valence electrons. The highest BCUT2D eigenvalue weighted by atomic mass is 79.9. The molecule has 2 rings (SSSR count). The molecule has 0 bridgehead atoms. The first-order chi connectivity index (χ1) is 8.92. The molecule has 1 aromatic heterocycles. The van der Waals surface area contributed by atoms with Crippen molar-refractivity contribution in [2.45, 2.75) is 6.36 Å². The lowest BCUT2D eigenvalue weighted by atomic mass is 10.3. The second kappa shape index (κ2) is 5.48. The van der Waals surface area contributed by atoms with E-state index >= 15 is 0 Å². The molecule has 0 saturated heterocycles. The average molecular weight is 333 g/mol. The van der Waals surface area contributed by atoms with E-state index in [1.165, 1.54) is 24.3 Å². The van der Waals surface area contributed by atoms with Crippen LogP contribution >= 0.6 is 15.9 Å². The van der Waals surface area contributed by atoms with Crippen LogP contribution in [0.25, 0.3) is 0 Å². The van der Waals surface area contributed by atoms with Crippen molar-refractivity contribution < 1.29 is 17.9 Å². The molecule has 0 fully saturated rings. The molecule has 1 aromatic carbocycles. The highest BCUT2D eigenvalue weighted by molar-refractivity contribution is 9.10. The minimum absolute atomic E-state index is 0.262. The maximum atomic E-state index is 12.0. The van der Waals surface area contributed by atoms with Gasteiger partial charge in [0.2, 0.25) is 0 Å². The predicted octanol–water partition coefficient (Wildman–Crippen LogP) is 4.49. The second-order valence-corrected chi connectivity index (χ2v) is 4.47. The van der Waals surface area contributed by atoms with E-state index in [9.17, 15) is 13.2 Å². The van der Waals surface area contributed by atoms with Gasteiger partial charge in [0.05, 0.1) is 0 Å². The standard InChI is InChI=1S/C12H8BrF3N2O/c13-8-1-6-11(17-7-8)18-9-2-4-10(5-3-9)19-12(14,15)16/h1-7H,(H,17,18). The van der Waals surface area contributed by atoms with Crippen molar-refractivity contribution in [3.05, 3.63) is 47.1 Å². The Morgan fingerprint density at radius 2 is 1.74 bits per heavy atom. The molecular weight excluding hydrogens is 325 g/mol. The second-order valence-electron chi connectivity index (χ2n) is 3.56. The Hall–Kier alpha value is -1.76. The van der Waals surface area contributed by atoms with Crippen molar-refractivity contribution in [2.24, 2.45) is 0 Å². The molecule has 0 radical (unpaired) electrons. The van der Waals surface area contributed by atoms with Crippen LogP contribution in [0.1, 0.15) is 0 Å². The van der Waals surface area contributed by atoms with E-state index in [-0.39, 0.29) is 5.75 Å². The van der Waals surface area contributed by atoms with Gasteiger partial charge in [-0.25, -0.2) is 4.98 Å². The van der Waals surface area contributed by atoms with Gasteiger partial charge in [-0.1, -0.05) is 0 Å². The Labute approximate surface area is 115 Å². The molecule has 19 heavy (non-hydrogen) atoms. The Morgan fingerprint density at radius 3 is 2.26 bits per heavy atom. The number of pyridine rings is 1. The number of rotatable bonds is 3. The van der Waals surface area contributed by atoms with Crippen molar-refractivity contribution in [3.63, 3.8) is 0 Å². The SMILES string of the molecule is FC(F)(F)Oc1ccc(Nc2ccc(Br)cn2)cc1. The van der Waals surface area contributed by atoms with Crippen molar-refractivity contribution in [1.82, 2.24) is 4.98 Å². The van der Waals surface area contributed by atoms with E-state index in [1.807, 2.05) is 0 Å². The zero-order valence-corrected chi connectivity index (χ0v) is 11.0. The van der Waals surface area contributed by atoms with Gasteiger partial charge in [0.15, 0.2) is 0 Å². The largest absolute Gasteiger partial charge is 0.573 e. The number of aromatic nitrogens is 1. The number of ether oxygens (including phenoxy) is 1. The summed E-state index contributed by atoms with van der Waals surface area (Å²) in [5, 5.41) is 2.95. The normalized spacial score (nSPS) is 11.2. The highest BCUT2D eigenvalue weighted by Crippen LogP contribution is 2.25. The summed E-state index contributed by atoms with van der Waals surface area (Å²) in [6.45, 7) is 0. The third kappa shape index (κ3) is 4.44. The first-order valence-corrected chi connectivity index (χ1v) is 5.96. The molecule has 1 heterocycles. The Balaban J connectivity index is 2.04. The predicted molar refractivity (Wildman–Crippen MR) is 68.3 cm³/mol. The summed E-state index contributed by atoms with van der Waals surface area (Å²) in [7, 11) is 0. The fourth-order valence-corrected chi connectivity index (χ4v) is 1.57. The summed E-state index contributed by atoms with van der Waals surface area (Å²) in [4.78, 5) is 4.09. The molecular formula is C12H8BrF3N2O. The summed E-state index contributed by atoms with van der Waals surface area (Å²) in [5.41, 5.74) is 0.615. The first kappa shape index (κ1) is 13.7. The number of hydrogen-bond donors (Lipinski definition) is 1. The minimum atomic E-state index is -4.68. The maximum absolute atomic E-state index is 12.0. The summed E-state index contributed by atoms with van der Waals surface area (Å²) >= 11 is 3.25. The minimum Gasteiger partial charge on any atom is -0.406 e. The van der Waals surface area contributed by atoms with Crippen LogP contribution in [-0.4, -0.2) is 11.3 Å². The van der Waals surface area contributed by atoms with Gasteiger partial charge in [-0.15, -0.1) is 13.2 Å². The topological polar surface area (TPSA) is 34.1 Å². The summed E-state index contributed by atoms with van der Waals surface area (Å²) in [6, 6.07) is 8.96. The number of benzene rings is 1. The number of alkyl halides is 3. The van der Waals surface area contributed by atoms with Crippen molar-refractivity contribution in [1.29, 1.82) is 0 Å². The average Bonchev–Trinajstić information content (AvgIpc) is 2.33.